The van der Waals surface area contributed by atoms with Crippen molar-refractivity contribution in [1.29, 1.82) is 0 Å². The molecule has 3 rings (SSSR count). The third-order valence-corrected chi connectivity index (χ3v) is 4.57. The van der Waals surface area contributed by atoms with Gasteiger partial charge >= 0.3 is 5.97 Å². The topological polar surface area (TPSA) is 42.2 Å². The highest BCUT2D eigenvalue weighted by Crippen LogP contribution is 2.31. The highest BCUT2D eigenvalue weighted by molar-refractivity contribution is 5.84. The van der Waals surface area contributed by atoms with Crippen LogP contribution in [0, 0.1) is 5.92 Å². The van der Waals surface area contributed by atoms with E-state index >= 15 is 0 Å². The lowest BCUT2D eigenvalue weighted by molar-refractivity contribution is -0.138. The summed E-state index contributed by atoms with van der Waals surface area (Å²) in [4.78, 5) is 11.4. The minimum absolute atomic E-state index is 0.455. The summed E-state index contributed by atoms with van der Waals surface area (Å²) < 4.78 is 2.24. The minimum Gasteiger partial charge on any atom is -0.481 e. The maximum atomic E-state index is 11.4. The van der Waals surface area contributed by atoms with Crippen molar-refractivity contribution in [2.24, 2.45) is 5.92 Å². The number of carboxylic acids is 1. The first-order chi connectivity index (χ1) is 9.66. The van der Waals surface area contributed by atoms with Crippen molar-refractivity contribution in [1.82, 2.24) is 4.57 Å². The second-order valence-electron chi connectivity index (χ2n) is 5.95. The first-order valence-corrected chi connectivity index (χ1v) is 7.48. The molecule has 1 aliphatic rings. The number of carboxylic acid groups (broad SMARTS) is 1. The number of hydrogen-bond donors (Lipinski definition) is 1. The van der Waals surface area contributed by atoms with Crippen LogP contribution in [0.5, 0.6) is 0 Å². The van der Waals surface area contributed by atoms with Crippen molar-refractivity contribution in [3.8, 4) is 0 Å². The van der Waals surface area contributed by atoms with E-state index in [1.54, 1.807) is 6.92 Å². The standard InChI is InChI=1S/C17H21NO2/c1-12(17(19)20)16-10-14-8-4-5-9-15(14)18(16)11-13-6-2-3-7-13/h4-5,8-10,12-13H,2-3,6-7,11H2,1H3,(H,19,20). The van der Waals surface area contributed by atoms with Gasteiger partial charge < -0.3 is 9.67 Å². The van der Waals surface area contributed by atoms with E-state index in [4.69, 9.17) is 0 Å². The van der Waals surface area contributed by atoms with Gasteiger partial charge in [0.05, 0.1) is 5.92 Å². The SMILES string of the molecule is CC(C(=O)O)c1cc2ccccc2n1CC1CCCC1. The van der Waals surface area contributed by atoms with Crippen molar-refractivity contribution < 1.29 is 9.90 Å². The number of fused-ring (bicyclic) bond motifs is 1. The van der Waals surface area contributed by atoms with Crippen molar-refractivity contribution in [3.05, 3.63) is 36.0 Å². The molecule has 1 fully saturated rings. The molecule has 1 unspecified atom stereocenters. The molecule has 1 aliphatic carbocycles. The minimum atomic E-state index is -0.750. The molecule has 1 heterocycles. The summed E-state index contributed by atoms with van der Waals surface area (Å²) in [6.07, 6.45) is 5.17. The summed E-state index contributed by atoms with van der Waals surface area (Å²) in [5.41, 5.74) is 2.10. The highest BCUT2D eigenvalue weighted by atomic mass is 16.4. The maximum Gasteiger partial charge on any atom is 0.312 e. The molecule has 1 aromatic heterocycles. The van der Waals surface area contributed by atoms with E-state index in [1.165, 1.54) is 31.2 Å². The lowest BCUT2D eigenvalue weighted by atomic mass is 10.1. The van der Waals surface area contributed by atoms with Crippen molar-refractivity contribution >= 4 is 16.9 Å². The van der Waals surface area contributed by atoms with Gasteiger partial charge in [0.2, 0.25) is 0 Å². The molecular formula is C17H21NO2. The Morgan fingerprint density at radius 3 is 2.75 bits per heavy atom. The Labute approximate surface area is 119 Å². The fourth-order valence-electron chi connectivity index (χ4n) is 3.37. The number of aromatic nitrogens is 1. The lowest BCUT2D eigenvalue weighted by Crippen LogP contribution is -2.16. The third-order valence-electron chi connectivity index (χ3n) is 4.57. The molecule has 0 aliphatic heterocycles. The number of rotatable bonds is 4. The van der Waals surface area contributed by atoms with Crippen LogP contribution in [0.2, 0.25) is 0 Å². The normalized spacial score (nSPS) is 17.6. The Bertz CT molecular complexity index is 623. The van der Waals surface area contributed by atoms with Crippen LogP contribution in [0.4, 0.5) is 0 Å². The van der Waals surface area contributed by atoms with E-state index in [2.05, 4.69) is 16.7 Å². The summed E-state index contributed by atoms with van der Waals surface area (Å²) in [5.74, 6) is -0.505. The van der Waals surface area contributed by atoms with Crippen molar-refractivity contribution in [2.75, 3.05) is 0 Å². The zero-order valence-electron chi connectivity index (χ0n) is 11.9. The third kappa shape index (κ3) is 2.33. The van der Waals surface area contributed by atoms with Gasteiger partial charge in [-0.3, -0.25) is 4.79 Å². The van der Waals surface area contributed by atoms with Crippen LogP contribution >= 0.6 is 0 Å². The molecule has 0 amide bonds. The number of carbonyl (C=O) groups is 1. The van der Waals surface area contributed by atoms with Gasteiger partial charge in [-0.2, -0.15) is 0 Å². The van der Waals surface area contributed by atoms with Crippen LogP contribution in [0.1, 0.15) is 44.2 Å². The molecule has 3 nitrogen and oxygen atoms in total. The molecular weight excluding hydrogens is 250 g/mol. The van der Waals surface area contributed by atoms with Gasteiger partial charge in [0, 0.05) is 17.8 Å². The second-order valence-corrected chi connectivity index (χ2v) is 5.95. The highest BCUT2D eigenvalue weighted by Gasteiger charge is 2.23. The van der Waals surface area contributed by atoms with Crippen LogP contribution in [-0.4, -0.2) is 15.6 Å². The number of para-hydroxylation sites is 1. The molecule has 1 saturated carbocycles. The average molecular weight is 271 g/mol. The van der Waals surface area contributed by atoms with Gasteiger partial charge in [0.1, 0.15) is 0 Å². The summed E-state index contributed by atoms with van der Waals surface area (Å²) in [5, 5.41) is 10.5. The first kappa shape index (κ1) is 13.2. The van der Waals surface area contributed by atoms with Crippen molar-refractivity contribution in [3.63, 3.8) is 0 Å². The van der Waals surface area contributed by atoms with Gasteiger partial charge in [0.15, 0.2) is 0 Å². The zero-order valence-corrected chi connectivity index (χ0v) is 11.9. The van der Waals surface area contributed by atoms with Crippen LogP contribution < -0.4 is 0 Å². The molecule has 2 aromatic rings. The number of nitrogens with zero attached hydrogens (tertiary/aromatic N) is 1. The molecule has 3 heteroatoms. The van der Waals surface area contributed by atoms with Crippen molar-refractivity contribution in [2.45, 2.75) is 45.1 Å². The Morgan fingerprint density at radius 2 is 2.05 bits per heavy atom. The van der Waals surface area contributed by atoms with E-state index in [0.717, 1.165) is 17.6 Å². The molecule has 0 saturated heterocycles. The van der Waals surface area contributed by atoms with Crippen LogP contribution in [-0.2, 0) is 11.3 Å². The summed E-state index contributed by atoms with van der Waals surface area (Å²) in [7, 11) is 0. The number of benzene rings is 1. The Balaban J connectivity index is 2.05. The van der Waals surface area contributed by atoms with E-state index in [0.29, 0.717) is 5.92 Å². The van der Waals surface area contributed by atoms with Gasteiger partial charge in [-0.05, 0) is 43.2 Å². The van der Waals surface area contributed by atoms with Crippen LogP contribution in [0.3, 0.4) is 0 Å². The van der Waals surface area contributed by atoms with Gasteiger partial charge in [-0.25, -0.2) is 0 Å². The molecule has 0 bridgehead atoms. The van der Waals surface area contributed by atoms with Gasteiger partial charge in [0.25, 0.3) is 0 Å². The Morgan fingerprint density at radius 1 is 1.35 bits per heavy atom. The molecule has 1 N–H and O–H groups in total. The number of aliphatic carboxylic acids is 1. The molecule has 1 atom stereocenters. The van der Waals surface area contributed by atoms with E-state index < -0.39 is 11.9 Å². The number of hydrogen-bond acceptors (Lipinski definition) is 1. The van der Waals surface area contributed by atoms with E-state index in [-0.39, 0.29) is 0 Å². The molecule has 20 heavy (non-hydrogen) atoms. The lowest BCUT2D eigenvalue weighted by Gasteiger charge is -2.17. The maximum absolute atomic E-state index is 11.4. The zero-order chi connectivity index (χ0) is 14.1. The van der Waals surface area contributed by atoms with E-state index in [1.807, 2.05) is 18.2 Å². The Kier molecular flexibility index (Phi) is 3.51. The summed E-state index contributed by atoms with van der Waals surface area (Å²) in [6, 6.07) is 10.3. The smallest absolute Gasteiger partial charge is 0.312 e. The quantitative estimate of drug-likeness (QED) is 0.912. The van der Waals surface area contributed by atoms with Crippen LogP contribution in [0.25, 0.3) is 10.9 Å². The Hall–Kier alpha value is -1.77. The average Bonchev–Trinajstić information content (AvgIpc) is 3.07. The first-order valence-electron chi connectivity index (χ1n) is 7.48. The molecule has 0 spiro atoms. The second kappa shape index (κ2) is 5.31. The van der Waals surface area contributed by atoms with E-state index in [9.17, 15) is 9.90 Å². The molecule has 106 valence electrons. The van der Waals surface area contributed by atoms with Gasteiger partial charge in [-0.15, -0.1) is 0 Å². The van der Waals surface area contributed by atoms with Crippen LogP contribution in [0.15, 0.2) is 30.3 Å². The monoisotopic (exact) mass is 271 g/mol. The summed E-state index contributed by atoms with van der Waals surface area (Å²) >= 11 is 0. The molecule has 1 aromatic carbocycles. The fourth-order valence-corrected chi connectivity index (χ4v) is 3.37. The molecule has 0 radical (unpaired) electrons. The predicted molar refractivity (Wildman–Crippen MR) is 79.9 cm³/mol. The largest absolute Gasteiger partial charge is 0.481 e. The summed E-state index contributed by atoms with van der Waals surface area (Å²) in [6.45, 7) is 2.74. The van der Waals surface area contributed by atoms with Gasteiger partial charge in [-0.1, -0.05) is 31.0 Å². The predicted octanol–water partition coefficient (Wildman–Crippen LogP) is 4.02. The fraction of sp³-hybridized carbons (Fsp3) is 0.471.